The maximum Gasteiger partial charge on any atom is 0.284 e. The first kappa shape index (κ1) is 16.6. The van der Waals surface area contributed by atoms with Gasteiger partial charge in [-0.3, -0.25) is 9.79 Å². The van der Waals surface area contributed by atoms with E-state index in [0.29, 0.717) is 30.7 Å². The molecule has 0 aliphatic rings. The highest BCUT2D eigenvalue weighted by molar-refractivity contribution is 5.89. The molecule has 0 saturated heterocycles. The van der Waals surface area contributed by atoms with E-state index in [1.54, 1.807) is 13.1 Å². The van der Waals surface area contributed by atoms with Crippen LogP contribution in [0.2, 0.25) is 0 Å². The van der Waals surface area contributed by atoms with Crippen molar-refractivity contribution in [3.8, 4) is 0 Å². The largest absolute Gasteiger partial charge is 0.454 e. The predicted molar refractivity (Wildman–Crippen MR) is 84.9 cm³/mol. The summed E-state index contributed by atoms with van der Waals surface area (Å²) in [6.07, 6.45) is 0. The van der Waals surface area contributed by atoms with Crippen molar-refractivity contribution in [3.63, 3.8) is 0 Å². The summed E-state index contributed by atoms with van der Waals surface area (Å²) in [5.74, 6) is 1.75. The van der Waals surface area contributed by atoms with E-state index >= 15 is 0 Å². The Bertz CT molecular complexity index is 687. The smallest absolute Gasteiger partial charge is 0.284 e. The number of hydrogen-bond acceptors (Lipinski definition) is 5. The molecule has 0 aliphatic heterocycles. The molecule has 0 fully saturated rings. The third-order valence-corrected chi connectivity index (χ3v) is 3.16. The van der Waals surface area contributed by atoms with Gasteiger partial charge >= 0.3 is 0 Å². The van der Waals surface area contributed by atoms with Crippen molar-refractivity contribution in [1.82, 2.24) is 15.8 Å². The zero-order valence-electron chi connectivity index (χ0n) is 13.4. The van der Waals surface area contributed by atoms with E-state index in [9.17, 15) is 4.79 Å². The molecule has 0 bridgehead atoms. The summed E-state index contributed by atoms with van der Waals surface area (Å²) < 4.78 is 10.5. The second-order valence-electron chi connectivity index (χ2n) is 5.28. The summed E-state index contributed by atoms with van der Waals surface area (Å²) in [7, 11) is 1.66. The van der Waals surface area contributed by atoms with Crippen LogP contribution >= 0.6 is 0 Å². The maximum absolute atomic E-state index is 11.0. The van der Waals surface area contributed by atoms with E-state index in [1.807, 2.05) is 6.07 Å². The Kier molecular flexibility index (Phi) is 5.40. The third-order valence-electron chi connectivity index (χ3n) is 3.16. The third kappa shape index (κ3) is 4.60. The second kappa shape index (κ2) is 7.48. The molecular weight excluding hydrogens is 298 g/mol. The Morgan fingerprint density at radius 3 is 2.52 bits per heavy atom. The molecule has 0 aromatic carbocycles. The molecule has 0 aliphatic carbocycles. The molecule has 8 heteroatoms. The quantitative estimate of drug-likeness (QED) is 0.546. The first-order valence-corrected chi connectivity index (χ1v) is 7.28. The highest BCUT2D eigenvalue weighted by Crippen LogP contribution is 2.13. The molecule has 8 nitrogen and oxygen atoms in total. The average Bonchev–Trinajstić information content (AvgIpc) is 3.16. The van der Waals surface area contributed by atoms with Crippen molar-refractivity contribution in [3.05, 3.63) is 41.2 Å². The monoisotopic (exact) mass is 319 g/mol. The maximum atomic E-state index is 11.0. The Hall–Kier alpha value is -2.77. The molecule has 0 atom stereocenters. The number of furan rings is 1. The average molecular weight is 319 g/mol. The number of aliphatic imine (C=N–C) groups is 1. The molecule has 0 radical (unpaired) electrons. The second-order valence-corrected chi connectivity index (χ2v) is 5.28. The predicted octanol–water partition coefficient (Wildman–Crippen LogP) is 1.36. The molecule has 124 valence electrons. The number of guanidine groups is 1. The van der Waals surface area contributed by atoms with Crippen molar-refractivity contribution in [2.24, 2.45) is 10.7 Å². The first-order chi connectivity index (χ1) is 11.0. The van der Waals surface area contributed by atoms with E-state index in [2.05, 4.69) is 34.6 Å². The van der Waals surface area contributed by atoms with Crippen LogP contribution in [0.5, 0.6) is 0 Å². The lowest BCUT2D eigenvalue weighted by atomic mass is 10.1. The van der Waals surface area contributed by atoms with Gasteiger partial charge in [0.1, 0.15) is 5.76 Å². The number of carbonyl (C=O) groups is 1. The van der Waals surface area contributed by atoms with Crippen molar-refractivity contribution < 1.29 is 13.7 Å². The van der Waals surface area contributed by atoms with Crippen molar-refractivity contribution in [2.75, 3.05) is 7.05 Å². The fourth-order valence-electron chi connectivity index (χ4n) is 1.85. The van der Waals surface area contributed by atoms with Crippen LogP contribution in [0.15, 0.2) is 32.1 Å². The van der Waals surface area contributed by atoms with Gasteiger partial charge in [0.05, 0.1) is 18.8 Å². The van der Waals surface area contributed by atoms with Gasteiger partial charge in [-0.1, -0.05) is 19.0 Å². The zero-order valence-corrected chi connectivity index (χ0v) is 13.4. The summed E-state index contributed by atoms with van der Waals surface area (Å²) in [5, 5.41) is 10.2. The fourth-order valence-corrected chi connectivity index (χ4v) is 1.85. The highest BCUT2D eigenvalue weighted by Gasteiger charge is 2.09. The number of amides is 1. The minimum Gasteiger partial charge on any atom is -0.454 e. The molecule has 2 heterocycles. The van der Waals surface area contributed by atoms with Crippen LogP contribution in [0, 0.1) is 0 Å². The number of nitrogens with zero attached hydrogens (tertiary/aromatic N) is 2. The standard InChI is InChI=1S/C15H21N5O3/c1-9(2)12-6-11(23-20-12)8-19-15(17-3)18-7-10-4-5-13(22-10)14(16)21/h4-6,9H,7-8H2,1-3H3,(H2,16,21)(H2,17,18,19). The minimum atomic E-state index is -0.593. The first-order valence-electron chi connectivity index (χ1n) is 7.28. The van der Waals surface area contributed by atoms with Gasteiger partial charge in [0.2, 0.25) is 0 Å². The van der Waals surface area contributed by atoms with Gasteiger partial charge in [0.15, 0.2) is 17.5 Å². The van der Waals surface area contributed by atoms with E-state index in [0.717, 1.165) is 11.5 Å². The van der Waals surface area contributed by atoms with Crippen LogP contribution in [0.25, 0.3) is 0 Å². The SMILES string of the molecule is CN=C(NCc1cc(C(C)C)no1)NCc1ccc(C(N)=O)o1. The number of carbonyl (C=O) groups excluding carboxylic acids is 1. The highest BCUT2D eigenvalue weighted by atomic mass is 16.5. The van der Waals surface area contributed by atoms with Crippen molar-refractivity contribution in [2.45, 2.75) is 32.9 Å². The van der Waals surface area contributed by atoms with E-state index in [1.165, 1.54) is 6.07 Å². The molecule has 2 rings (SSSR count). The zero-order chi connectivity index (χ0) is 16.8. The summed E-state index contributed by atoms with van der Waals surface area (Å²) in [6, 6.07) is 5.14. The van der Waals surface area contributed by atoms with Crippen molar-refractivity contribution in [1.29, 1.82) is 0 Å². The van der Waals surface area contributed by atoms with Gasteiger partial charge in [-0.15, -0.1) is 0 Å². The topological polar surface area (TPSA) is 119 Å². The summed E-state index contributed by atoms with van der Waals surface area (Å²) in [5.41, 5.74) is 6.06. The lowest BCUT2D eigenvalue weighted by molar-refractivity contribution is 0.0972. The van der Waals surface area contributed by atoms with Crippen LogP contribution < -0.4 is 16.4 Å². The Morgan fingerprint density at radius 2 is 2.00 bits per heavy atom. The van der Waals surface area contributed by atoms with Gasteiger partial charge in [0, 0.05) is 13.1 Å². The van der Waals surface area contributed by atoms with E-state index in [4.69, 9.17) is 14.7 Å². The molecule has 1 amide bonds. The molecule has 0 spiro atoms. The number of aromatic nitrogens is 1. The van der Waals surface area contributed by atoms with E-state index in [-0.39, 0.29) is 5.76 Å². The van der Waals surface area contributed by atoms with Gasteiger partial charge in [0.25, 0.3) is 5.91 Å². The number of rotatable bonds is 6. The molecule has 0 saturated carbocycles. The fraction of sp³-hybridized carbons (Fsp3) is 0.400. The Balaban J connectivity index is 1.84. The number of primary amides is 1. The molecule has 4 N–H and O–H groups in total. The Morgan fingerprint density at radius 1 is 1.30 bits per heavy atom. The number of nitrogens with two attached hydrogens (primary N) is 1. The van der Waals surface area contributed by atoms with Crippen molar-refractivity contribution >= 4 is 11.9 Å². The van der Waals surface area contributed by atoms with Gasteiger partial charge in [-0.25, -0.2) is 0 Å². The van der Waals surface area contributed by atoms with Gasteiger partial charge in [-0.2, -0.15) is 0 Å². The lowest BCUT2D eigenvalue weighted by Gasteiger charge is -2.09. The van der Waals surface area contributed by atoms with Crippen LogP contribution in [0.1, 0.15) is 47.5 Å². The van der Waals surface area contributed by atoms with Crippen LogP contribution in [-0.2, 0) is 13.1 Å². The normalized spacial score (nSPS) is 11.7. The Labute approximate surface area is 134 Å². The van der Waals surface area contributed by atoms with Gasteiger partial charge < -0.3 is 25.3 Å². The number of nitrogens with one attached hydrogen (secondary N) is 2. The molecule has 2 aromatic heterocycles. The molecule has 2 aromatic rings. The molecular formula is C15H21N5O3. The van der Waals surface area contributed by atoms with Crippen LogP contribution in [-0.4, -0.2) is 24.1 Å². The lowest BCUT2D eigenvalue weighted by Crippen LogP contribution is -2.36. The molecule has 23 heavy (non-hydrogen) atoms. The van der Waals surface area contributed by atoms with Crippen LogP contribution in [0.4, 0.5) is 0 Å². The summed E-state index contributed by atoms with van der Waals surface area (Å²) >= 11 is 0. The van der Waals surface area contributed by atoms with E-state index < -0.39 is 5.91 Å². The van der Waals surface area contributed by atoms with Crippen LogP contribution in [0.3, 0.4) is 0 Å². The molecule has 0 unspecified atom stereocenters. The summed E-state index contributed by atoms with van der Waals surface area (Å²) in [6.45, 7) is 4.95. The minimum absolute atomic E-state index is 0.132. The van der Waals surface area contributed by atoms with Gasteiger partial charge in [-0.05, 0) is 18.1 Å². The summed E-state index contributed by atoms with van der Waals surface area (Å²) in [4.78, 5) is 15.1. The number of hydrogen-bond donors (Lipinski definition) is 3.